The SMILES string of the molecule is O=C(NCCc1c[nH]c2ccccc12)C(=O)N1CCN(C(=O)c2ccco2)CC1. The largest absolute Gasteiger partial charge is 0.459 e. The molecule has 1 aliphatic rings. The average molecular weight is 394 g/mol. The first-order valence-electron chi connectivity index (χ1n) is 9.58. The number of rotatable bonds is 4. The molecule has 0 bridgehead atoms. The van der Waals surface area contributed by atoms with Crippen molar-refractivity contribution in [2.75, 3.05) is 32.7 Å². The summed E-state index contributed by atoms with van der Waals surface area (Å²) in [7, 11) is 0. The van der Waals surface area contributed by atoms with Gasteiger partial charge in [0.05, 0.1) is 6.26 Å². The summed E-state index contributed by atoms with van der Waals surface area (Å²) in [5.74, 6) is -1.10. The normalized spacial score (nSPS) is 14.2. The van der Waals surface area contributed by atoms with Crippen molar-refractivity contribution >= 4 is 28.6 Å². The number of para-hydroxylation sites is 1. The maximum Gasteiger partial charge on any atom is 0.312 e. The number of aromatic amines is 1. The summed E-state index contributed by atoms with van der Waals surface area (Å²) in [6.45, 7) is 1.76. The summed E-state index contributed by atoms with van der Waals surface area (Å²) in [4.78, 5) is 43.2. The Morgan fingerprint density at radius 1 is 1.00 bits per heavy atom. The molecule has 2 N–H and O–H groups in total. The molecule has 0 radical (unpaired) electrons. The van der Waals surface area contributed by atoms with E-state index in [1.54, 1.807) is 17.0 Å². The average Bonchev–Trinajstić information content (AvgIpc) is 3.43. The molecule has 0 atom stereocenters. The third-order valence-corrected chi connectivity index (χ3v) is 5.14. The van der Waals surface area contributed by atoms with E-state index in [1.807, 2.05) is 30.5 Å². The van der Waals surface area contributed by atoms with Crippen LogP contribution in [0.5, 0.6) is 0 Å². The van der Waals surface area contributed by atoms with Crippen molar-refractivity contribution in [2.45, 2.75) is 6.42 Å². The van der Waals surface area contributed by atoms with E-state index in [1.165, 1.54) is 11.2 Å². The third-order valence-electron chi connectivity index (χ3n) is 5.14. The fraction of sp³-hybridized carbons (Fsp3) is 0.286. The van der Waals surface area contributed by atoms with Gasteiger partial charge in [0, 0.05) is 49.8 Å². The monoisotopic (exact) mass is 394 g/mol. The minimum absolute atomic E-state index is 0.203. The molecule has 0 unspecified atom stereocenters. The molecule has 1 saturated heterocycles. The predicted molar refractivity (Wildman–Crippen MR) is 106 cm³/mol. The predicted octanol–water partition coefficient (Wildman–Crippen LogP) is 1.40. The van der Waals surface area contributed by atoms with Gasteiger partial charge < -0.3 is 24.5 Å². The molecule has 8 heteroatoms. The van der Waals surface area contributed by atoms with Crippen molar-refractivity contribution in [2.24, 2.45) is 0 Å². The van der Waals surface area contributed by atoms with Crippen LogP contribution in [-0.4, -0.2) is 65.2 Å². The molecule has 3 aromatic rings. The van der Waals surface area contributed by atoms with Crippen molar-refractivity contribution in [3.05, 3.63) is 60.2 Å². The number of carbonyl (C=O) groups is 3. The van der Waals surface area contributed by atoms with Crippen LogP contribution in [0.15, 0.2) is 53.3 Å². The number of amides is 3. The highest BCUT2D eigenvalue weighted by Gasteiger charge is 2.28. The summed E-state index contributed by atoms with van der Waals surface area (Å²) in [6, 6.07) is 11.2. The van der Waals surface area contributed by atoms with E-state index in [0.29, 0.717) is 39.1 Å². The van der Waals surface area contributed by atoms with Crippen molar-refractivity contribution in [1.29, 1.82) is 0 Å². The second kappa shape index (κ2) is 8.22. The number of hydrogen-bond acceptors (Lipinski definition) is 4. The molecular weight excluding hydrogens is 372 g/mol. The molecular formula is C21H22N4O4. The molecule has 1 fully saturated rings. The van der Waals surface area contributed by atoms with Gasteiger partial charge in [0.15, 0.2) is 5.76 Å². The van der Waals surface area contributed by atoms with E-state index < -0.39 is 11.8 Å². The molecule has 1 aliphatic heterocycles. The van der Waals surface area contributed by atoms with Crippen molar-refractivity contribution in [3.8, 4) is 0 Å². The molecule has 0 aliphatic carbocycles. The number of H-pyrrole nitrogens is 1. The molecule has 150 valence electrons. The molecule has 0 spiro atoms. The Balaban J connectivity index is 1.24. The first-order chi connectivity index (χ1) is 14.1. The van der Waals surface area contributed by atoms with Gasteiger partial charge in [-0.05, 0) is 30.2 Å². The molecule has 8 nitrogen and oxygen atoms in total. The number of hydrogen-bond donors (Lipinski definition) is 2. The van der Waals surface area contributed by atoms with Crippen LogP contribution >= 0.6 is 0 Å². The van der Waals surface area contributed by atoms with Gasteiger partial charge in [0.25, 0.3) is 5.91 Å². The van der Waals surface area contributed by atoms with Gasteiger partial charge in [-0.3, -0.25) is 14.4 Å². The Kier molecular flexibility index (Phi) is 5.33. The summed E-state index contributed by atoms with van der Waals surface area (Å²) in [5.41, 5.74) is 2.14. The summed E-state index contributed by atoms with van der Waals surface area (Å²) < 4.78 is 5.12. The van der Waals surface area contributed by atoms with Gasteiger partial charge in [-0.25, -0.2) is 0 Å². The minimum atomic E-state index is -0.615. The topological polar surface area (TPSA) is 98.6 Å². The Morgan fingerprint density at radius 2 is 1.76 bits per heavy atom. The van der Waals surface area contributed by atoms with Crippen molar-refractivity contribution in [3.63, 3.8) is 0 Å². The van der Waals surface area contributed by atoms with Gasteiger partial charge >= 0.3 is 11.8 Å². The highest BCUT2D eigenvalue weighted by Crippen LogP contribution is 2.17. The van der Waals surface area contributed by atoms with E-state index >= 15 is 0 Å². The highest BCUT2D eigenvalue weighted by atomic mass is 16.3. The summed E-state index contributed by atoms with van der Waals surface area (Å²) in [5, 5.41) is 3.82. The van der Waals surface area contributed by atoms with Gasteiger partial charge in [-0.2, -0.15) is 0 Å². The van der Waals surface area contributed by atoms with E-state index in [0.717, 1.165) is 16.5 Å². The highest BCUT2D eigenvalue weighted by molar-refractivity contribution is 6.35. The number of nitrogens with one attached hydrogen (secondary N) is 2. The minimum Gasteiger partial charge on any atom is -0.459 e. The quantitative estimate of drug-likeness (QED) is 0.654. The number of benzene rings is 1. The lowest BCUT2D eigenvalue weighted by Gasteiger charge is -2.33. The fourth-order valence-electron chi connectivity index (χ4n) is 3.54. The summed E-state index contributed by atoms with van der Waals surface area (Å²) in [6.07, 6.45) is 4.01. The zero-order valence-electron chi connectivity index (χ0n) is 15.9. The molecule has 29 heavy (non-hydrogen) atoms. The number of aromatic nitrogens is 1. The van der Waals surface area contributed by atoms with Gasteiger partial charge in [0.1, 0.15) is 0 Å². The maximum atomic E-state index is 12.4. The Labute approximate surface area is 167 Å². The Hall–Kier alpha value is -3.55. The molecule has 4 rings (SSSR count). The van der Waals surface area contributed by atoms with E-state index in [9.17, 15) is 14.4 Å². The van der Waals surface area contributed by atoms with E-state index in [2.05, 4.69) is 10.3 Å². The second-order valence-corrected chi connectivity index (χ2v) is 6.93. The van der Waals surface area contributed by atoms with Crippen LogP contribution < -0.4 is 5.32 Å². The Bertz CT molecular complexity index is 1020. The van der Waals surface area contributed by atoms with Crippen LogP contribution in [0.1, 0.15) is 16.1 Å². The smallest absolute Gasteiger partial charge is 0.312 e. The van der Waals surface area contributed by atoms with Crippen LogP contribution in [0, 0.1) is 0 Å². The van der Waals surface area contributed by atoms with Crippen molar-refractivity contribution < 1.29 is 18.8 Å². The third kappa shape index (κ3) is 4.01. The molecule has 3 heterocycles. The standard InChI is InChI=1S/C21H22N4O4/c26-19(22-8-7-15-14-23-17-5-2-1-4-16(15)17)21(28)25-11-9-24(10-12-25)20(27)18-6-3-13-29-18/h1-6,13-14,23H,7-12H2,(H,22,26). The van der Waals surface area contributed by atoms with E-state index in [-0.39, 0.29) is 11.7 Å². The van der Waals surface area contributed by atoms with Crippen molar-refractivity contribution in [1.82, 2.24) is 20.1 Å². The first-order valence-corrected chi connectivity index (χ1v) is 9.58. The number of nitrogens with zero attached hydrogens (tertiary/aromatic N) is 2. The first kappa shape index (κ1) is 18.8. The van der Waals surface area contributed by atoms with Gasteiger partial charge in [0.2, 0.25) is 0 Å². The molecule has 2 aromatic heterocycles. The van der Waals surface area contributed by atoms with E-state index in [4.69, 9.17) is 4.42 Å². The van der Waals surface area contributed by atoms with Gasteiger partial charge in [-0.1, -0.05) is 18.2 Å². The summed E-state index contributed by atoms with van der Waals surface area (Å²) >= 11 is 0. The molecule has 3 amide bonds. The van der Waals surface area contributed by atoms with Crippen LogP contribution in [-0.2, 0) is 16.0 Å². The number of furan rings is 1. The maximum absolute atomic E-state index is 12.4. The van der Waals surface area contributed by atoms with Crippen LogP contribution in [0.2, 0.25) is 0 Å². The Morgan fingerprint density at radius 3 is 2.52 bits per heavy atom. The molecule has 1 aromatic carbocycles. The lowest BCUT2D eigenvalue weighted by atomic mass is 10.1. The zero-order chi connectivity index (χ0) is 20.2. The number of piperazine rings is 1. The lowest BCUT2D eigenvalue weighted by Crippen LogP contribution is -2.53. The van der Waals surface area contributed by atoms with Crippen LogP contribution in [0.3, 0.4) is 0 Å². The lowest BCUT2D eigenvalue weighted by molar-refractivity contribution is -0.146. The van der Waals surface area contributed by atoms with Crippen LogP contribution in [0.25, 0.3) is 10.9 Å². The van der Waals surface area contributed by atoms with Gasteiger partial charge in [-0.15, -0.1) is 0 Å². The zero-order valence-corrected chi connectivity index (χ0v) is 15.9. The fourth-order valence-corrected chi connectivity index (χ4v) is 3.54. The van der Waals surface area contributed by atoms with Crippen LogP contribution in [0.4, 0.5) is 0 Å². The number of carbonyl (C=O) groups excluding carboxylic acids is 3. The second-order valence-electron chi connectivity index (χ2n) is 6.93. The number of fused-ring (bicyclic) bond motifs is 1. The molecule has 0 saturated carbocycles.